The highest BCUT2D eigenvalue weighted by Gasteiger charge is 2.30. The molecule has 1 saturated heterocycles. The summed E-state index contributed by atoms with van der Waals surface area (Å²) in [6, 6.07) is 0.371. The standard InChI is InChI=1S/C14H23N5O/c1-18-5-3-4-10(18)8-19(2)14(20)12-6-11-13(7-15-12)17-9-16-11/h9-10,12,15H,3-8H2,1-2H3,(H,16,17). The van der Waals surface area contributed by atoms with Crippen LogP contribution in [0.2, 0.25) is 0 Å². The molecule has 0 saturated carbocycles. The number of imidazole rings is 1. The molecule has 3 heterocycles. The molecule has 0 bridgehead atoms. The van der Waals surface area contributed by atoms with E-state index >= 15 is 0 Å². The summed E-state index contributed by atoms with van der Waals surface area (Å²) in [6.45, 7) is 2.66. The second-order valence-electron chi connectivity index (χ2n) is 5.96. The highest BCUT2D eigenvalue weighted by atomic mass is 16.2. The molecule has 0 spiro atoms. The SMILES string of the molecule is CN(CC1CCCN1C)C(=O)C1Cc2nc[nH]c2CN1. The number of hydrogen-bond donors (Lipinski definition) is 2. The quantitative estimate of drug-likeness (QED) is 0.815. The number of aromatic nitrogens is 2. The van der Waals surface area contributed by atoms with Crippen molar-refractivity contribution in [3.8, 4) is 0 Å². The first-order valence-electron chi connectivity index (χ1n) is 7.35. The first-order chi connectivity index (χ1) is 9.65. The van der Waals surface area contributed by atoms with Crippen LogP contribution < -0.4 is 5.32 Å². The lowest BCUT2D eigenvalue weighted by Gasteiger charge is -2.30. The highest BCUT2D eigenvalue weighted by Crippen LogP contribution is 2.17. The molecule has 1 amide bonds. The Morgan fingerprint density at radius 3 is 3.20 bits per heavy atom. The maximum atomic E-state index is 12.5. The second kappa shape index (κ2) is 5.54. The van der Waals surface area contributed by atoms with E-state index in [1.165, 1.54) is 12.8 Å². The van der Waals surface area contributed by atoms with Crippen molar-refractivity contribution in [3.05, 3.63) is 17.7 Å². The summed E-state index contributed by atoms with van der Waals surface area (Å²) in [6.07, 6.45) is 4.82. The fraction of sp³-hybridized carbons (Fsp3) is 0.714. The van der Waals surface area contributed by atoms with Crippen molar-refractivity contribution in [1.82, 2.24) is 25.1 Å². The van der Waals surface area contributed by atoms with Crippen LogP contribution in [0.3, 0.4) is 0 Å². The molecular formula is C14H23N5O. The summed E-state index contributed by atoms with van der Waals surface area (Å²) in [5, 5.41) is 3.30. The van der Waals surface area contributed by atoms with E-state index < -0.39 is 0 Å². The van der Waals surface area contributed by atoms with Gasteiger partial charge in [0.2, 0.25) is 5.91 Å². The minimum absolute atomic E-state index is 0.137. The van der Waals surface area contributed by atoms with E-state index in [0.29, 0.717) is 19.0 Å². The number of carbonyl (C=O) groups excluding carboxylic acids is 1. The molecule has 110 valence electrons. The number of hydrogen-bond acceptors (Lipinski definition) is 4. The Kier molecular flexibility index (Phi) is 3.76. The minimum atomic E-state index is -0.137. The maximum Gasteiger partial charge on any atom is 0.239 e. The zero-order chi connectivity index (χ0) is 14.1. The molecule has 1 aromatic heterocycles. The zero-order valence-electron chi connectivity index (χ0n) is 12.2. The zero-order valence-corrected chi connectivity index (χ0v) is 12.2. The number of H-pyrrole nitrogens is 1. The van der Waals surface area contributed by atoms with Crippen molar-refractivity contribution in [2.45, 2.75) is 37.9 Å². The summed E-state index contributed by atoms with van der Waals surface area (Å²) in [5.41, 5.74) is 2.13. The maximum absolute atomic E-state index is 12.5. The van der Waals surface area contributed by atoms with Crippen LogP contribution in [0.15, 0.2) is 6.33 Å². The molecule has 6 heteroatoms. The molecule has 2 unspecified atom stereocenters. The smallest absolute Gasteiger partial charge is 0.239 e. The fourth-order valence-corrected chi connectivity index (χ4v) is 3.23. The number of likely N-dealkylation sites (N-methyl/N-ethyl adjacent to an activating group) is 2. The van der Waals surface area contributed by atoms with Crippen molar-refractivity contribution in [3.63, 3.8) is 0 Å². The average Bonchev–Trinajstić information content (AvgIpc) is 3.06. The molecule has 20 heavy (non-hydrogen) atoms. The third kappa shape index (κ3) is 2.58. The van der Waals surface area contributed by atoms with Crippen LogP contribution in [0.1, 0.15) is 24.2 Å². The van der Waals surface area contributed by atoms with Crippen molar-refractivity contribution in [2.75, 3.05) is 27.2 Å². The van der Waals surface area contributed by atoms with Crippen LogP contribution in [-0.4, -0.2) is 64.9 Å². The molecule has 0 aliphatic carbocycles. The van der Waals surface area contributed by atoms with Crippen LogP contribution in [0.25, 0.3) is 0 Å². The summed E-state index contributed by atoms with van der Waals surface area (Å²) in [4.78, 5) is 24.2. The van der Waals surface area contributed by atoms with Crippen molar-refractivity contribution in [2.24, 2.45) is 0 Å². The molecule has 2 aliphatic rings. The van der Waals surface area contributed by atoms with Crippen molar-refractivity contribution in [1.29, 1.82) is 0 Å². The molecule has 2 atom stereocenters. The fourth-order valence-electron chi connectivity index (χ4n) is 3.23. The van der Waals surface area contributed by atoms with Gasteiger partial charge in [0.25, 0.3) is 0 Å². The molecule has 3 rings (SSSR count). The first kappa shape index (κ1) is 13.6. The van der Waals surface area contributed by atoms with Gasteiger partial charge < -0.3 is 14.8 Å². The van der Waals surface area contributed by atoms with Crippen LogP contribution in [0, 0.1) is 0 Å². The predicted molar refractivity (Wildman–Crippen MR) is 76.2 cm³/mol. The first-order valence-corrected chi connectivity index (χ1v) is 7.35. The van der Waals surface area contributed by atoms with Crippen LogP contribution >= 0.6 is 0 Å². The largest absolute Gasteiger partial charge is 0.347 e. The molecule has 2 aliphatic heterocycles. The number of likely N-dealkylation sites (tertiary alicyclic amines) is 1. The van der Waals surface area contributed by atoms with E-state index in [0.717, 1.165) is 24.5 Å². The van der Waals surface area contributed by atoms with Crippen molar-refractivity contribution >= 4 is 5.91 Å². The topological polar surface area (TPSA) is 64.3 Å². The van der Waals surface area contributed by atoms with E-state index in [4.69, 9.17) is 0 Å². The number of carbonyl (C=O) groups is 1. The van der Waals surface area contributed by atoms with Gasteiger partial charge in [0.05, 0.1) is 23.8 Å². The number of nitrogens with one attached hydrogen (secondary N) is 2. The van der Waals surface area contributed by atoms with Crippen molar-refractivity contribution < 1.29 is 4.79 Å². The van der Waals surface area contributed by atoms with Gasteiger partial charge in [0, 0.05) is 32.6 Å². The van der Waals surface area contributed by atoms with Gasteiger partial charge in [0.15, 0.2) is 0 Å². The third-order valence-electron chi connectivity index (χ3n) is 4.56. The van der Waals surface area contributed by atoms with Gasteiger partial charge in [-0.25, -0.2) is 4.98 Å². The Balaban J connectivity index is 1.58. The van der Waals surface area contributed by atoms with Crippen LogP contribution in [0.5, 0.6) is 0 Å². The second-order valence-corrected chi connectivity index (χ2v) is 5.96. The number of fused-ring (bicyclic) bond motifs is 1. The van der Waals surface area contributed by atoms with E-state index in [2.05, 4.69) is 27.2 Å². The predicted octanol–water partition coefficient (Wildman–Crippen LogP) is -0.0234. The Hall–Kier alpha value is -1.40. The van der Waals surface area contributed by atoms with Gasteiger partial charge in [-0.1, -0.05) is 0 Å². The molecule has 1 aromatic rings. The van der Waals surface area contributed by atoms with Gasteiger partial charge in [-0.15, -0.1) is 0 Å². The summed E-state index contributed by atoms with van der Waals surface area (Å²) < 4.78 is 0. The summed E-state index contributed by atoms with van der Waals surface area (Å²) in [7, 11) is 4.06. The van der Waals surface area contributed by atoms with E-state index in [-0.39, 0.29) is 11.9 Å². The number of nitrogens with zero attached hydrogens (tertiary/aromatic N) is 3. The lowest BCUT2D eigenvalue weighted by Crippen LogP contribution is -2.50. The Morgan fingerprint density at radius 1 is 1.60 bits per heavy atom. The monoisotopic (exact) mass is 277 g/mol. The van der Waals surface area contributed by atoms with Crippen LogP contribution in [0.4, 0.5) is 0 Å². The highest BCUT2D eigenvalue weighted by molar-refractivity contribution is 5.82. The Bertz CT molecular complexity index is 486. The molecule has 2 N–H and O–H groups in total. The van der Waals surface area contributed by atoms with Crippen LogP contribution in [-0.2, 0) is 17.8 Å². The van der Waals surface area contributed by atoms with Gasteiger partial charge in [-0.3, -0.25) is 10.1 Å². The molecular weight excluding hydrogens is 254 g/mol. The minimum Gasteiger partial charge on any atom is -0.347 e. The lowest BCUT2D eigenvalue weighted by molar-refractivity contribution is -0.132. The Labute approximate surface area is 119 Å². The van der Waals surface area contributed by atoms with E-state index in [1.807, 2.05) is 11.9 Å². The molecule has 0 radical (unpaired) electrons. The van der Waals surface area contributed by atoms with Gasteiger partial charge >= 0.3 is 0 Å². The van der Waals surface area contributed by atoms with Gasteiger partial charge in [-0.05, 0) is 26.4 Å². The molecule has 6 nitrogen and oxygen atoms in total. The van der Waals surface area contributed by atoms with E-state index in [9.17, 15) is 4.79 Å². The van der Waals surface area contributed by atoms with Gasteiger partial charge in [-0.2, -0.15) is 0 Å². The van der Waals surface area contributed by atoms with Gasteiger partial charge in [0.1, 0.15) is 0 Å². The third-order valence-corrected chi connectivity index (χ3v) is 4.56. The summed E-state index contributed by atoms with van der Waals surface area (Å²) in [5.74, 6) is 0.180. The molecule has 1 fully saturated rings. The Morgan fingerprint density at radius 2 is 2.45 bits per heavy atom. The molecule has 0 aromatic carbocycles. The number of rotatable bonds is 3. The average molecular weight is 277 g/mol. The lowest BCUT2D eigenvalue weighted by atomic mass is 10.0. The normalized spacial score (nSPS) is 26.5. The summed E-state index contributed by atoms with van der Waals surface area (Å²) >= 11 is 0. The number of aromatic amines is 1. The van der Waals surface area contributed by atoms with E-state index in [1.54, 1.807) is 6.33 Å². The number of amides is 1.